The molecule has 1 aromatic carbocycles. The molecule has 1 atom stereocenters. The highest BCUT2D eigenvalue weighted by Gasteiger charge is 2.34. The van der Waals surface area contributed by atoms with E-state index in [9.17, 15) is 9.90 Å². The van der Waals surface area contributed by atoms with Crippen LogP contribution in [0.15, 0.2) is 30.3 Å². The molecule has 2 aliphatic heterocycles. The molecular formula is C30H43N3O3. The molecule has 2 aromatic rings. The van der Waals surface area contributed by atoms with Crippen LogP contribution in [-0.4, -0.2) is 54.2 Å². The molecule has 3 heterocycles. The van der Waals surface area contributed by atoms with Crippen LogP contribution in [0.5, 0.6) is 5.75 Å². The summed E-state index contributed by atoms with van der Waals surface area (Å²) in [6.07, 6.45) is 8.74. The first kappa shape index (κ1) is 26.5. The van der Waals surface area contributed by atoms with Gasteiger partial charge in [0.05, 0.1) is 13.0 Å². The van der Waals surface area contributed by atoms with Gasteiger partial charge in [0.15, 0.2) is 0 Å². The summed E-state index contributed by atoms with van der Waals surface area (Å²) >= 11 is 0. The Morgan fingerprint density at radius 2 is 1.97 bits per heavy atom. The molecule has 0 aliphatic carbocycles. The number of hydrogen-bond donors (Lipinski definition) is 2. The second-order valence-electron chi connectivity index (χ2n) is 10.8. The van der Waals surface area contributed by atoms with Gasteiger partial charge in [0.1, 0.15) is 11.6 Å². The second kappa shape index (κ2) is 12.6. The molecule has 36 heavy (non-hydrogen) atoms. The predicted octanol–water partition coefficient (Wildman–Crippen LogP) is 5.86. The fourth-order valence-electron chi connectivity index (χ4n) is 5.78. The van der Waals surface area contributed by atoms with Crippen molar-refractivity contribution in [2.75, 3.05) is 38.6 Å². The number of carboxylic acids is 1. The third-order valence-corrected chi connectivity index (χ3v) is 7.98. The van der Waals surface area contributed by atoms with Gasteiger partial charge in [-0.1, -0.05) is 38.5 Å². The Hall–Kier alpha value is -2.60. The summed E-state index contributed by atoms with van der Waals surface area (Å²) in [5, 5.41) is 13.6. The maximum absolute atomic E-state index is 12.4. The minimum atomic E-state index is -0.737. The van der Waals surface area contributed by atoms with E-state index in [1.165, 1.54) is 30.5 Å². The number of rotatable bonds is 11. The zero-order chi connectivity index (χ0) is 25.5. The van der Waals surface area contributed by atoms with Gasteiger partial charge in [-0.25, -0.2) is 4.98 Å². The van der Waals surface area contributed by atoms with Crippen LogP contribution in [0.1, 0.15) is 86.6 Å². The fraction of sp³-hybridized carbons (Fsp3) is 0.600. The summed E-state index contributed by atoms with van der Waals surface area (Å²) < 4.78 is 5.58. The molecule has 2 aliphatic rings. The van der Waals surface area contributed by atoms with Crippen LogP contribution in [0.4, 0.5) is 5.82 Å². The Balaban J connectivity index is 1.24. The van der Waals surface area contributed by atoms with E-state index in [1.807, 2.05) is 12.1 Å². The van der Waals surface area contributed by atoms with Gasteiger partial charge in [-0.05, 0) is 99.7 Å². The minimum absolute atomic E-state index is 0.138. The number of ether oxygens (including phenoxy) is 1. The third-order valence-electron chi connectivity index (χ3n) is 7.98. The molecule has 1 fully saturated rings. The van der Waals surface area contributed by atoms with Gasteiger partial charge in [0.25, 0.3) is 0 Å². The lowest BCUT2D eigenvalue weighted by Crippen LogP contribution is -2.37. The van der Waals surface area contributed by atoms with Crippen molar-refractivity contribution in [1.82, 2.24) is 9.88 Å². The number of nitrogens with zero attached hydrogens (tertiary/aromatic N) is 2. The highest BCUT2D eigenvalue weighted by atomic mass is 16.5. The van der Waals surface area contributed by atoms with Gasteiger partial charge in [-0.2, -0.15) is 0 Å². The molecule has 0 saturated carbocycles. The van der Waals surface area contributed by atoms with Crippen LogP contribution in [0.25, 0.3) is 0 Å². The number of carboxylic acid groups (broad SMARTS) is 1. The van der Waals surface area contributed by atoms with Crippen molar-refractivity contribution in [3.8, 4) is 5.75 Å². The number of aromatic nitrogens is 1. The molecule has 0 bridgehead atoms. The van der Waals surface area contributed by atoms with Crippen LogP contribution in [0.3, 0.4) is 0 Å². The number of methoxy groups -OCH3 is 1. The molecule has 4 rings (SSSR count). The molecular weight excluding hydrogens is 450 g/mol. The minimum Gasteiger partial charge on any atom is -0.496 e. The summed E-state index contributed by atoms with van der Waals surface area (Å²) in [6, 6.07) is 10.5. The molecule has 0 unspecified atom stereocenters. The lowest BCUT2D eigenvalue weighted by molar-refractivity contribution is -0.140. The number of aliphatic carboxylic acids is 1. The van der Waals surface area contributed by atoms with Crippen LogP contribution >= 0.6 is 0 Å². The quantitative estimate of drug-likeness (QED) is 0.382. The molecule has 1 saturated heterocycles. The lowest BCUT2D eigenvalue weighted by atomic mass is 9.78. The zero-order valence-electron chi connectivity index (χ0n) is 22.3. The number of likely N-dealkylation sites (tertiary alicyclic amines) is 1. The van der Waals surface area contributed by atoms with Crippen molar-refractivity contribution in [2.45, 2.75) is 77.0 Å². The van der Waals surface area contributed by atoms with Crippen LogP contribution in [0, 0.1) is 5.92 Å². The number of aryl methyl sites for hydroxylation is 2. The smallest absolute Gasteiger partial charge is 0.311 e. The Morgan fingerprint density at radius 3 is 2.69 bits per heavy atom. The van der Waals surface area contributed by atoms with Crippen LogP contribution in [0.2, 0.25) is 0 Å². The normalized spacial score (nSPS) is 17.4. The summed E-state index contributed by atoms with van der Waals surface area (Å²) in [6.45, 7) is 8.35. The number of anilines is 1. The van der Waals surface area contributed by atoms with Crippen molar-refractivity contribution >= 4 is 11.8 Å². The molecule has 0 spiro atoms. The van der Waals surface area contributed by atoms with Gasteiger partial charge in [0.2, 0.25) is 0 Å². The van der Waals surface area contributed by atoms with E-state index >= 15 is 0 Å². The number of unbranched alkanes of at least 4 members (excludes halogenated alkanes) is 2. The van der Waals surface area contributed by atoms with Gasteiger partial charge >= 0.3 is 5.97 Å². The number of hydrogen-bond acceptors (Lipinski definition) is 5. The SMILES string of the molecule is COc1ccc(C(C)C)cc1[C@@H](C(=O)O)C1CCN(CCCCCc2ccc3c(n2)NCCC3)CC1. The second-order valence-corrected chi connectivity index (χ2v) is 10.8. The standard InChI is InChI=1S/C30H43N3O3/c1-21(2)24-11-13-27(36-3)26(20-24)28(30(34)35)22-14-18-33(19-15-22)17-6-4-5-9-25-12-10-23-8-7-16-31-29(23)32-25/h10-13,20-22,28H,4-9,14-19H2,1-3H3,(H,31,32)(H,34,35)/t28-/m0/s1. The van der Waals surface area contributed by atoms with E-state index < -0.39 is 11.9 Å². The fourth-order valence-corrected chi connectivity index (χ4v) is 5.78. The Kier molecular flexibility index (Phi) is 9.24. The largest absolute Gasteiger partial charge is 0.496 e. The molecule has 0 amide bonds. The van der Waals surface area contributed by atoms with Crippen LogP contribution < -0.4 is 10.1 Å². The first-order chi connectivity index (χ1) is 17.5. The number of benzene rings is 1. The maximum atomic E-state index is 12.4. The summed E-state index contributed by atoms with van der Waals surface area (Å²) in [5.41, 5.74) is 4.54. The first-order valence-electron chi connectivity index (χ1n) is 13.8. The van der Waals surface area contributed by atoms with E-state index in [2.05, 4.69) is 42.3 Å². The average molecular weight is 494 g/mol. The highest BCUT2D eigenvalue weighted by Crippen LogP contribution is 2.39. The van der Waals surface area contributed by atoms with Crippen molar-refractivity contribution in [3.63, 3.8) is 0 Å². The third kappa shape index (κ3) is 6.58. The van der Waals surface area contributed by atoms with Crippen molar-refractivity contribution in [3.05, 3.63) is 52.7 Å². The summed E-state index contributed by atoms with van der Waals surface area (Å²) in [7, 11) is 1.63. The number of nitrogens with one attached hydrogen (secondary N) is 1. The van der Waals surface area contributed by atoms with Gasteiger partial charge in [0, 0.05) is 17.8 Å². The van der Waals surface area contributed by atoms with E-state index in [0.717, 1.165) is 75.2 Å². The van der Waals surface area contributed by atoms with Gasteiger partial charge < -0.3 is 20.1 Å². The Bertz CT molecular complexity index is 1010. The van der Waals surface area contributed by atoms with Crippen molar-refractivity contribution < 1.29 is 14.6 Å². The van der Waals surface area contributed by atoms with Crippen molar-refractivity contribution in [1.29, 1.82) is 0 Å². The lowest BCUT2D eigenvalue weighted by Gasteiger charge is -2.35. The van der Waals surface area contributed by atoms with E-state index in [4.69, 9.17) is 9.72 Å². The number of piperidine rings is 1. The van der Waals surface area contributed by atoms with E-state index in [0.29, 0.717) is 11.7 Å². The zero-order valence-corrected chi connectivity index (χ0v) is 22.3. The monoisotopic (exact) mass is 493 g/mol. The molecule has 196 valence electrons. The highest BCUT2D eigenvalue weighted by molar-refractivity contribution is 5.78. The summed E-state index contributed by atoms with van der Waals surface area (Å²) in [5.74, 6) is 1.02. The maximum Gasteiger partial charge on any atom is 0.311 e. The topological polar surface area (TPSA) is 74.7 Å². The number of carbonyl (C=O) groups is 1. The Morgan fingerprint density at radius 1 is 1.17 bits per heavy atom. The molecule has 6 nitrogen and oxygen atoms in total. The van der Waals surface area contributed by atoms with E-state index in [1.54, 1.807) is 7.11 Å². The van der Waals surface area contributed by atoms with Gasteiger partial charge in [-0.3, -0.25) is 4.79 Å². The summed E-state index contributed by atoms with van der Waals surface area (Å²) in [4.78, 5) is 19.7. The number of fused-ring (bicyclic) bond motifs is 1. The predicted molar refractivity (Wildman–Crippen MR) is 145 cm³/mol. The first-order valence-corrected chi connectivity index (χ1v) is 13.8. The average Bonchev–Trinajstić information content (AvgIpc) is 2.89. The molecule has 1 aromatic heterocycles. The van der Waals surface area contributed by atoms with Crippen LogP contribution in [-0.2, 0) is 17.6 Å². The molecule has 6 heteroatoms. The van der Waals surface area contributed by atoms with Crippen molar-refractivity contribution in [2.24, 2.45) is 5.92 Å². The van der Waals surface area contributed by atoms with Gasteiger partial charge in [-0.15, -0.1) is 0 Å². The molecule has 0 radical (unpaired) electrons. The Labute approximate surface area is 216 Å². The molecule has 2 N–H and O–H groups in total. The van der Waals surface area contributed by atoms with E-state index in [-0.39, 0.29) is 5.92 Å². The number of pyridine rings is 1.